The SMILES string of the molecule is O=C(CSc1nnc(-c2ccccc2O)o1)N1c2ccccc2Sc2ccccc21. The number of carbonyl (C=O) groups excluding carboxylic acids is 1. The van der Waals surface area contributed by atoms with Gasteiger partial charge < -0.3 is 9.52 Å². The molecule has 0 radical (unpaired) electrons. The summed E-state index contributed by atoms with van der Waals surface area (Å²) in [5.74, 6) is 0.332. The number of benzene rings is 3. The molecule has 1 aliphatic heterocycles. The predicted octanol–water partition coefficient (Wildman–Crippen LogP) is 5.36. The van der Waals surface area contributed by atoms with E-state index in [1.54, 1.807) is 40.9 Å². The zero-order valence-electron chi connectivity index (χ0n) is 15.6. The van der Waals surface area contributed by atoms with E-state index in [1.807, 2.05) is 48.5 Å². The molecule has 1 aliphatic rings. The largest absolute Gasteiger partial charge is 0.507 e. The number of hydrogen-bond acceptors (Lipinski definition) is 7. The fourth-order valence-electron chi connectivity index (χ4n) is 3.19. The second-order valence-electron chi connectivity index (χ2n) is 6.45. The third-order valence-corrected chi connectivity index (χ3v) is 6.48. The van der Waals surface area contributed by atoms with Crippen LogP contribution in [0.2, 0.25) is 0 Å². The second-order valence-corrected chi connectivity index (χ2v) is 8.46. The highest BCUT2D eigenvalue weighted by Crippen LogP contribution is 2.48. The molecule has 148 valence electrons. The maximum Gasteiger partial charge on any atom is 0.277 e. The average molecular weight is 434 g/mol. The summed E-state index contributed by atoms with van der Waals surface area (Å²) in [6.45, 7) is 0. The molecular weight excluding hydrogens is 418 g/mol. The van der Waals surface area contributed by atoms with Gasteiger partial charge in [-0.15, -0.1) is 10.2 Å². The number of rotatable bonds is 4. The molecule has 8 heteroatoms. The van der Waals surface area contributed by atoms with Crippen LogP contribution in [0.4, 0.5) is 11.4 Å². The highest BCUT2D eigenvalue weighted by molar-refractivity contribution is 8.00. The van der Waals surface area contributed by atoms with Gasteiger partial charge in [-0.05, 0) is 36.4 Å². The van der Waals surface area contributed by atoms with Crippen molar-refractivity contribution in [3.05, 3.63) is 72.8 Å². The number of amides is 1. The highest BCUT2D eigenvalue weighted by atomic mass is 32.2. The van der Waals surface area contributed by atoms with Gasteiger partial charge in [-0.2, -0.15) is 0 Å². The zero-order valence-corrected chi connectivity index (χ0v) is 17.2. The molecular formula is C22H15N3O3S2. The Morgan fingerprint density at radius 1 is 0.933 bits per heavy atom. The molecule has 0 bridgehead atoms. The maximum atomic E-state index is 13.2. The smallest absolute Gasteiger partial charge is 0.277 e. The number of carbonyl (C=O) groups is 1. The number of phenolic OH excluding ortho intramolecular Hbond substituents is 1. The Balaban J connectivity index is 1.38. The molecule has 0 atom stereocenters. The van der Waals surface area contributed by atoms with Gasteiger partial charge in [0.05, 0.1) is 22.7 Å². The third-order valence-electron chi connectivity index (χ3n) is 4.54. The molecule has 1 amide bonds. The number of aromatic nitrogens is 2. The highest BCUT2D eigenvalue weighted by Gasteiger charge is 2.28. The van der Waals surface area contributed by atoms with Gasteiger partial charge in [0.1, 0.15) is 5.75 Å². The summed E-state index contributed by atoms with van der Waals surface area (Å²) in [6, 6.07) is 22.5. The number of phenols is 1. The third kappa shape index (κ3) is 3.44. The molecule has 4 aromatic rings. The van der Waals surface area contributed by atoms with Crippen LogP contribution < -0.4 is 4.90 Å². The number of thioether (sulfide) groups is 1. The number of nitrogens with zero attached hydrogens (tertiary/aromatic N) is 3. The van der Waals surface area contributed by atoms with Gasteiger partial charge >= 0.3 is 0 Å². The molecule has 1 N–H and O–H groups in total. The van der Waals surface area contributed by atoms with Crippen molar-refractivity contribution in [2.24, 2.45) is 0 Å². The van der Waals surface area contributed by atoms with Crippen LogP contribution in [0.5, 0.6) is 5.75 Å². The number of anilines is 2. The number of aromatic hydroxyl groups is 1. The van der Waals surface area contributed by atoms with E-state index in [9.17, 15) is 9.90 Å². The van der Waals surface area contributed by atoms with Crippen LogP contribution in [-0.2, 0) is 4.79 Å². The van der Waals surface area contributed by atoms with Gasteiger partial charge in [0, 0.05) is 9.79 Å². The topological polar surface area (TPSA) is 79.5 Å². The minimum absolute atomic E-state index is 0.0628. The number of hydrogen-bond donors (Lipinski definition) is 1. The van der Waals surface area contributed by atoms with Gasteiger partial charge in [-0.25, -0.2) is 0 Å². The summed E-state index contributed by atoms with van der Waals surface area (Å²) in [5, 5.41) is 18.2. The van der Waals surface area contributed by atoms with Crippen molar-refractivity contribution >= 4 is 40.8 Å². The standard InChI is InChI=1S/C22H15N3O3S2/c26-17-10-4-1-7-14(17)21-23-24-22(28-21)29-13-20(27)25-15-8-2-5-11-18(15)30-19-12-6-3-9-16(19)25/h1-12,26H,13H2. The van der Waals surface area contributed by atoms with Crippen molar-refractivity contribution < 1.29 is 14.3 Å². The van der Waals surface area contributed by atoms with E-state index in [4.69, 9.17) is 4.42 Å². The molecule has 3 aromatic carbocycles. The summed E-state index contributed by atoms with van der Waals surface area (Å²) >= 11 is 2.83. The molecule has 5 rings (SSSR count). The van der Waals surface area contributed by atoms with E-state index >= 15 is 0 Å². The second kappa shape index (κ2) is 7.89. The van der Waals surface area contributed by atoms with Gasteiger partial charge in [0.25, 0.3) is 11.1 Å². The lowest BCUT2D eigenvalue weighted by Crippen LogP contribution is -2.29. The van der Waals surface area contributed by atoms with Crippen LogP contribution >= 0.6 is 23.5 Å². The van der Waals surface area contributed by atoms with E-state index in [0.29, 0.717) is 5.56 Å². The Morgan fingerprint density at radius 3 is 2.27 bits per heavy atom. The lowest BCUT2D eigenvalue weighted by Gasteiger charge is -2.30. The van der Waals surface area contributed by atoms with Crippen molar-refractivity contribution in [1.82, 2.24) is 10.2 Å². The Labute approximate surface area is 180 Å². The first-order chi connectivity index (χ1) is 14.7. The van der Waals surface area contributed by atoms with Gasteiger partial charge in [-0.3, -0.25) is 9.69 Å². The van der Waals surface area contributed by atoms with Crippen molar-refractivity contribution in [2.45, 2.75) is 15.0 Å². The summed E-state index contributed by atoms with van der Waals surface area (Å²) in [6.07, 6.45) is 0. The van der Waals surface area contributed by atoms with Crippen LogP contribution in [0.15, 0.2) is 92.2 Å². The first kappa shape index (κ1) is 18.8. The van der Waals surface area contributed by atoms with E-state index < -0.39 is 0 Å². The quantitative estimate of drug-likeness (QED) is 0.434. The molecule has 0 spiro atoms. The Bertz CT molecular complexity index is 1200. The van der Waals surface area contributed by atoms with Crippen LogP contribution in [0.1, 0.15) is 0 Å². The molecule has 0 saturated carbocycles. The van der Waals surface area contributed by atoms with Gasteiger partial charge in [0.15, 0.2) is 0 Å². The van der Waals surface area contributed by atoms with Crippen molar-refractivity contribution in [3.8, 4) is 17.2 Å². The molecule has 0 fully saturated rings. The molecule has 30 heavy (non-hydrogen) atoms. The fourth-order valence-corrected chi connectivity index (χ4v) is 4.86. The van der Waals surface area contributed by atoms with Crippen molar-refractivity contribution in [2.75, 3.05) is 10.7 Å². The number of fused-ring (bicyclic) bond motifs is 2. The average Bonchev–Trinajstić information content (AvgIpc) is 3.25. The summed E-state index contributed by atoms with van der Waals surface area (Å²) in [7, 11) is 0. The normalized spacial score (nSPS) is 12.3. The lowest BCUT2D eigenvalue weighted by atomic mass is 10.2. The first-order valence-corrected chi connectivity index (χ1v) is 10.9. The first-order valence-electron chi connectivity index (χ1n) is 9.14. The van der Waals surface area contributed by atoms with Crippen LogP contribution in [0, 0.1) is 0 Å². The molecule has 0 saturated heterocycles. The van der Waals surface area contributed by atoms with E-state index in [0.717, 1.165) is 21.2 Å². The number of para-hydroxylation sites is 3. The van der Waals surface area contributed by atoms with Gasteiger partial charge in [-0.1, -0.05) is 59.9 Å². The Morgan fingerprint density at radius 2 is 1.57 bits per heavy atom. The summed E-state index contributed by atoms with van der Waals surface area (Å²) in [5.41, 5.74) is 2.19. The molecule has 6 nitrogen and oxygen atoms in total. The van der Waals surface area contributed by atoms with Crippen LogP contribution in [0.25, 0.3) is 11.5 Å². The van der Waals surface area contributed by atoms with E-state index in [2.05, 4.69) is 10.2 Å². The zero-order chi connectivity index (χ0) is 20.5. The van der Waals surface area contributed by atoms with Crippen LogP contribution in [0.3, 0.4) is 0 Å². The predicted molar refractivity (Wildman–Crippen MR) is 116 cm³/mol. The maximum absolute atomic E-state index is 13.2. The van der Waals surface area contributed by atoms with Gasteiger partial charge in [0.2, 0.25) is 5.91 Å². The van der Waals surface area contributed by atoms with Crippen molar-refractivity contribution in [1.29, 1.82) is 0 Å². The summed E-state index contributed by atoms with van der Waals surface area (Å²) < 4.78 is 5.63. The molecule has 1 aromatic heterocycles. The van der Waals surface area contributed by atoms with E-state index in [1.165, 1.54) is 11.8 Å². The lowest BCUT2D eigenvalue weighted by molar-refractivity contribution is -0.115. The minimum atomic E-state index is -0.0810. The Kier molecular flexibility index (Phi) is 4.94. The fraction of sp³-hybridized carbons (Fsp3) is 0.0455. The van der Waals surface area contributed by atoms with Crippen LogP contribution in [-0.4, -0.2) is 27.0 Å². The molecule has 0 unspecified atom stereocenters. The molecule has 2 heterocycles. The summed E-state index contributed by atoms with van der Waals surface area (Å²) in [4.78, 5) is 17.0. The molecule has 0 aliphatic carbocycles. The van der Waals surface area contributed by atoms with Crippen molar-refractivity contribution in [3.63, 3.8) is 0 Å². The minimum Gasteiger partial charge on any atom is -0.507 e. The monoisotopic (exact) mass is 433 g/mol. The van der Waals surface area contributed by atoms with E-state index in [-0.39, 0.29) is 28.5 Å². The Hall–Kier alpha value is -3.23.